The number of nitrogens with zero attached hydrogens (tertiary/aromatic N) is 2. The Morgan fingerprint density at radius 3 is 2.70 bits per heavy atom. The summed E-state index contributed by atoms with van der Waals surface area (Å²) < 4.78 is 5.22. The van der Waals surface area contributed by atoms with Crippen LogP contribution in [0, 0.1) is 0 Å². The molecule has 2 aromatic rings. The van der Waals surface area contributed by atoms with Crippen LogP contribution in [-0.2, 0) is 25.8 Å². The van der Waals surface area contributed by atoms with Crippen molar-refractivity contribution in [3.05, 3.63) is 47.0 Å². The van der Waals surface area contributed by atoms with Crippen molar-refractivity contribution >= 4 is 34.1 Å². The number of oxime groups is 1. The Morgan fingerprint density at radius 2 is 2.04 bits per heavy atom. The maximum absolute atomic E-state index is 12.2. The van der Waals surface area contributed by atoms with Crippen molar-refractivity contribution in [1.82, 2.24) is 4.98 Å². The Labute approximate surface area is 136 Å². The number of nitrogens with one attached hydrogen (secondary N) is 1. The summed E-state index contributed by atoms with van der Waals surface area (Å²) in [4.78, 5) is 32.0. The summed E-state index contributed by atoms with van der Waals surface area (Å²) >= 11 is 1.18. The summed E-state index contributed by atoms with van der Waals surface area (Å²) in [5.74, 6) is -0.904. The Balaban J connectivity index is 2.08. The van der Waals surface area contributed by atoms with E-state index < -0.39 is 5.97 Å². The van der Waals surface area contributed by atoms with Gasteiger partial charge in [-0.2, -0.15) is 0 Å². The summed E-state index contributed by atoms with van der Waals surface area (Å²) in [6.45, 7) is 1.49. The van der Waals surface area contributed by atoms with E-state index in [0.29, 0.717) is 5.13 Å². The van der Waals surface area contributed by atoms with Crippen molar-refractivity contribution in [3.8, 4) is 0 Å². The SMILES string of the molecule is CON=C(C(=O)OCc1ccccc1)c1csc(NC(C)=O)n1. The van der Waals surface area contributed by atoms with Gasteiger partial charge in [0.25, 0.3) is 0 Å². The molecule has 0 aliphatic carbocycles. The van der Waals surface area contributed by atoms with Gasteiger partial charge in [0.05, 0.1) is 0 Å². The largest absolute Gasteiger partial charge is 0.456 e. The average molecular weight is 333 g/mol. The fourth-order valence-electron chi connectivity index (χ4n) is 1.66. The maximum atomic E-state index is 12.2. The molecule has 1 amide bonds. The van der Waals surface area contributed by atoms with E-state index in [-0.39, 0.29) is 23.9 Å². The molecule has 23 heavy (non-hydrogen) atoms. The zero-order valence-corrected chi connectivity index (χ0v) is 13.4. The highest BCUT2D eigenvalue weighted by Gasteiger charge is 2.20. The van der Waals surface area contributed by atoms with Crippen LogP contribution in [0.1, 0.15) is 18.2 Å². The number of carbonyl (C=O) groups excluding carboxylic acids is 2. The molecule has 0 atom stereocenters. The van der Waals surface area contributed by atoms with Gasteiger partial charge in [0.15, 0.2) is 5.13 Å². The quantitative estimate of drug-likeness (QED) is 0.497. The summed E-state index contributed by atoms with van der Waals surface area (Å²) in [5, 5.41) is 8.17. The summed E-state index contributed by atoms with van der Waals surface area (Å²) in [6.07, 6.45) is 0. The number of rotatable bonds is 6. The minimum atomic E-state index is -0.657. The molecule has 1 aromatic carbocycles. The molecule has 0 fully saturated rings. The molecule has 0 saturated heterocycles. The molecule has 0 saturated carbocycles. The zero-order valence-electron chi connectivity index (χ0n) is 12.6. The maximum Gasteiger partial charge on any atom is 0.363 e. The number of ether oxygens (including phenoxy) is 1. The number of carbonyl (C=O) groups is 2. The molecule has 8 heteroatoms. The third-order valence-electron chi connectivity index (χ3n) is 2.62. The number of aromatic nitrogens is 1. The van der Waals surface area contributed by atoms with Crippen molar-refractivity contribution in [2.24, 2.45) is 5.16 Å². The highest BCUT2D eigenvalue weighted by Crippen LogP contribution is 2.17. The monoisotopic (exact) mass is 333 g/mol. The second-order valence-electron chi connectivity index (χ2n) is 4.40. The molecule has 0 aliphatic rings. The van der Waals surface area contributed by atoms with E-state index in [0.717, 1.165) is 5.56 Å². The Hall–Kier alpha value is -2.74. The summed E-state index contributed by atoms with van der Waals surface area (Å²) in [7, 11) is 1.32. The van der Waals surface area contributed by atoms with Crippen LogP contribution in [0.4, 0.5) is 5.13 Å². The fourth-order valence-corrected chi connectivity index (χ4v) is 2.40. The molecular formula is C15H15N3O4S. The molecule has 120 valence electrons. The lowest BCUT2D eigenvalue weighted by atomic mass is 10.2. The Morgan fingerprint density at radius 1 is 1.30 bits per heavy atom. The first-order chi connectivity index (χ1) is 11.1. The highest BCUT2D eigenvalue weighted by atomic mass is 32.1. The van der Waals surface area contributed by atoms with Gasteiger partial charge < -0.3 is 14.9 Å². The number of amides is 1. The molecule has 1 N–H and O–H groups in total. The molecule has 1 heterocycles. The first kappa shape index (κ1) is 16.6. The van der Waals surface area contributed by atoms with E-state index in [1.165, 1.54) is 25.4 Å². The van der Waals surface area contributed by atoms with Gasteiger partial charge in [-0.25, -0.2) is 9.78 Å². The van der Waals surface area contributed by atoms with Gasteiger partial charge in [0.1, 0.15) is 19.4 Å². The van der Waals surface area contributed by atoms with Crippen LogP contribution in [0.15, 0.2) is 40.9 Å². The smallest absolute Gasteiger partial charge is 0.363 e. The van der Waals surface area contributed by atoms with Gasteiger partial charge in [-0.1, -0.05) is 35.5 Å². The third-order valence-corrected chi connectivity index (χ3v) is 3.38. The van der Waals surface area contributed by atoms with Gasteiger partial charge in [-0.05, 0) is 5.56 Å². The van der Waals surface area contributed by atoms with Crippen molar-refractivity contribution < 1.29 is 19.2 Å². The van der Waals surface area contributed by atoms with Crippen molar-refractivity contribution in [1.29, 1.82) is 0 Å². The predicted octanol–water partition coefficient (Wildman–Crippen LogP) is 2.20. The summed E-state index contributed by atoms with van der Waals surface area (Å²) in [6, 6.07) is 9.28. The van der Waals surface area contributed by atoms with Crippen LogP contribution in [0.5, 0.6) is 0 Å². The molecule has 0 bridgehead atoms. The van der Waals surface area contributed by atoms with Gasteiger partial charge in [-0.15, -0.1) is 11.3 Å². The first-order valence-corrected chi connectivity index (χ1v) is 7.54. The van der Waals surface area contributed by atoms with Crippen LogP contribution in [0.3, 0.4) is 0 Å². The van der Waals surface area contributed by atoms with Crippen LogP contribution in [0.2, 0.25) is 0 Å². The van der Waals surface area contributed by atoms with Crippen molar-refractivity contribution in [2.75, 3.05) is 12.4 Å². The van der Waals surface area contributed by atoms with E-state index in [1.54, 1.807) is 5.38 Å². The lowest BCUT2D eigenvalue weighted by molar-refractivity contribution is -0.136. The van der Waals surface area contributed by atoms with E-state index >= 15 is 0 Å². The van der Waals surface area contributed by atoms with E-state index in [4.69, 9.17) is 4.74 Å². The van der Waals surface area contributed by atoms with Gasteiger partial charge >= 0.3 is 5.97 Å². The lowest BCUT2D eigenvalue weighted by Gasteiger charge is -2.05. The predicted molar refractivity (Wildman–Crippen MR) is 86.2 cm³/mol. The normalized spacial score (nSPS) is 11.0. The molecule has 0 spiro atoms. The molecule has 2 rings (SSSR count). The van der Waals surface area contributed by atoms with Crippen LogP contribution < -0.4 is 5.32 Å². The van der Waals surface area contributed by atoms with Crippen LogP contribution in [-0.4, -0.2) is 29.7 Å². The van der Waals surface area contributed by atoms with Crippen molar-refractivity contribution in [3.63, 3.8) is 0 Å². The van der Waals surface area contributed by atoms with E-state index in [1.807, 2.05) is 30.3 Å². The minimum Gasteiger partial charge on any atom is -0.456 e. The lowest BCUT2D eigenvalue weighted by Crippen LogP contribution is -2.19. The number of benzene rings is 1. The first-order valence-electron chi connectivity index (χ1n) is 6.66. The Kier molecular flexibility index (Phi) is 5.81. The molecule has 1 aromatic heterocycles. The average Bonchev–Trinajstić information content (AvgIpc) is 2.98. The van der Waals surface area contributed by atoms with E-state index in [9.17, 15) is 9.59 Å². The Bertz CT molecular complexity index is 713. The van der Waals surface area contributed by atoms with Crippen molar-refractivity contribution in [2.45, 2.75) is 13.5 Å². The van der Waals surface area contributed by atoms with Crippen LogP contribution >= 0.6 is 11.3 Å². The molecular weight excluding hydrogens is 318 g/mol. The molecule has 0 unspecified atom stereocenters. The van der Waals surface area contributed by atoms with Gasteiger partial charge in [0, 0.05) is 12.3 Å². The number of hydrogen-bond donors (Lipinski definition) is 1. The molecule has 0 aliphatic heterocycles. The zero-order chi connectivity index (χ0) is 16.7. The number of esters is 1. The van der Waals surface area contributed by atoms with E-state index in [2.05, 4.69) is 20.3 Å². The standard InChI is InChI=1S/C15H15N3O4S/c1-10(19)16-15-17-12(9-23-15)13(18-21-2)14(20)22-8-11-6-4-3-5-7-11/h3-7,9H,8H2,1-2H3,(H,16,17,19). The number of thiazole rings is 1. The number of hydrogen-bond acceptors (Lipinski definition) is 7. The topological polar surface area (TPSA) is 89.9 Å². The third kappa shape index (κ3) is 4.89. The fraction of sp³-hybridized carbons (Fsp3) is 0.200. The van der Waals surface area contributed by atoms with Gasteiger partial charge in [-0.3, -0.25) is 4.79 Å². The second-order valence-corrected chi connectivity index (χ2v) is 5.26. The highest BCUT2D eigenvalue weighted by molar-refractivity contribution is 7.14. The number of anilines is 1. The van der Waals surface area contributed by atoms with Crippen LogP contribution in [0.25, 0.3) is 0 Å². The molecule has 0 radical (unpaired) electrons. The summed E-state index contributed by atoms with van der Waals surface area (Å²) in [5.41, 5.74) is 1.07. The molecule has 7 nitrogen and oxygen atoms in total. The second kappa shape index (κ2) is 8.04. The minimum absolute atomic E-state index is 0.0590. The van der Waals surface area contributed by atoms with Gasteiger partial charge in [0.2, 0.25) is 11.6 Å².